The maximum atomic E-state index is 12.6. The number of hydrogen-bond donors (Lipinski definition) is 4. The summed E-state index contributed by atoms with van der Waals surface area (Å²) in [5, 5.41) is 13.5. The Kier molecular flexibility index (Phi) is 30.2. The van der Waals surface area contributed by atoms with E-state index in [1.165, 1.54) is 96.3 Å². The quantitative estimate of drug-likeness (QED) is 0.0332. The topological polar surface area (TPSA) is 131 Å². The SMILES string of the molecule is CCCCCCC/C=C/C(O)C(COP(=O)(O)OCCN)NC(=O)CCCCCCCCC/C=C\CCCCCCCC. The Hall–Kier alpha value is -1.02. The van der Waals surface area contributed by atoms with Crippen LogP contribution in [0.15, 0.2) is 24.3 Å². The van der Waals surface area contributed by atoms with Crippen molar-refractivity contribution in [2.75, 3.05) is 19.8 Å². The summed E-state index contributed by atoms with van der Waals surface area (Å²) in [4.78, 5) is 22.4. The lowest BCUT2D eigenvalue weighted by Gasteiger charge is -2.23. The third-order valence-electron chi connectivity index (χ3n) is 7.52. The molecule has 43 heavy (non-hydrogen) atoms. The van der Waals surface area contributed by atoms with E-state index in [4.69, 9.17) is 14.8 Å². The number of amides is 1. The molecule has 0 aliphatic rings. The van der Waals surface area contributed by atoms with E-state index in [1.54, 1.807) is 6.08 Å². The Bertz CT molecular complexity index is 734. The highest BCUT2D eigenvalue weighted by Gasteiger charge is 2.26. The number of hydrogen-bond acceptors (Lipinski definition) is 6. The van der Waals surface area contributed by atoms with Gasteiger partial charge in [0.15, 0.2) is 0 Å². The van der Waals surface area contributed by atoms with E-state index in [0.717, 1.165) is 38.5 Å². The number of aliphatic hydroxyl groups excluding tert-OH is 1. The van der Waals surface area contributed by atoms with Gasteiger partial charge in [-0.15, -0.1) is 0 Å². The van der Waals surface area contributed by atoms with Crippen LogP contribution in [0.3, 0.4) is 0 Å². The van der Waals surface area contributed by atoms with Crippen molar-refractivity contribution in [1.82, 2.24) is 5.32 Å². The summed E-state index contributed by atoms with van der Waals surface area (Å²) in [5.41, 5.74) is 5.33. The van der Waals surface area contributed by atoms with E-state index < -0.39 is 20.0 Å². The minimum atomic E-state index is -4.32. The number of nitrogens with one attached hydrogen (secondary N) is 1. The number of phosphoric acid groups is 1. The molecule has 8 nitrogen and oxygen atoms in total. The third-order valence-corrected chi connectivity index (χ3v) is 8.51. The number of phosphoric ester groups is 1. The predicted octanol–water partition coefficient (Wildman–Crippen LogP) is 8.66. The highest BCUT2D eigenvalue weighted by Crippen LogP contribution is 2.43. The van der Waals surface area contributed by atoms with Gasteiger partial charge in [-0.25, -0.2) is 4.57 Å². The molecule has 0 fully saturated rings. The first kappa shape index (κ1) is 42.0. The number of carbonyl (C=O) groups is 1. The molecule has 5 N–H and O–H groups in total. The number of nitrogens with two attached hydrogens (primary N) is 1. The highest BCUT2D eigenvalue weighted by molar-refractivity contribution is 7.47. The van der Waals surface area contributed by atoms with Crippen LogP contribution in [0.2, 0.25) is 0 Å². The highest BCUT2D eigenvalue weighted by atomic mass is 31.2. The van der Waals surface area contributed by atoms with Crippen LogP contribution in [-0.2, 0) is 18.4 Å². The monoisotopic (exact) mass is 630 g/mol. The molecule has 0 aromatic heterocycles. The van der Waals surface area contributed by atoms with Crippen LogP contribution in [0, 0.1) is 0 Å². The molecule has 0 heterocycles. The van der Waals surface area contributed by atoms with Crippen molar-refractivity contribution >= 4 is 13.7 Å². The first-order valence-electron chi connectivity index (χ1n) is 17.5. The lowest BCUT2D eigenvalue weighted by molar-refractivity contribution is -0.123. The van der Waals surface area contributed by atoms with Gasteiger partial charge in [0.05, 0.1) is 25.4 Å². The summed E-state index contributed by atoms with van der Waals surface area (Å²) in [6, 6.07) is -0.856. The maximum absolute atomic E-state index is 12.6. The molecular formula is C34H67N2O6P. The van der Waals surface area contributed by atoms with E-state index in [0.29, 0.717) is 6.42 Å². The largest absolute Gasteiger partial charge is 0.472 e. The summed E-state index contributed by atoms with van der Waals surface area (Å²) < 4.78 is 21.9. The predicted molar refractivity (Wildman–Crippen MR) is 180 cm³/mol. The van der Waals surface area contributed by atoms with Gasteiger partial charge in [0, 0.05) is 13.0 Å². The molecule has 0 aliphatic heterocycles. The lowest BCUT2D eigenvalue weighted by Crippen LogP contribution is -2.45. The fourth-order valence-electron chi connectivity index (χ4n) is 4.83. The van der Waals surface area contributed by atoms with Crippen LogP contribution in [0.1, 0.15) is 155 Å². The Labute approximate surface area is 264 Å². The van der Waals surface area contributed by atoms with Gasteiger partial charge in [0.25, 0.3) is 0 Å². The molecule has 0 bridgehead atoms. The molecule has 254 valence electrons. The zero-order chi connectivity index (χ0) is 31.9. The molecule has 0 spiro atoms. The van der Waals surface area contributed by atoms with E-state index in [-0.39, 0.29) is 25.7 Å². The molecule has 0 radical (unpaired) electrons. The van der Waals surface area contributed by atoms with Crippen molar-refractivity contribution < 1.29 is 28.4 Å². The summed E-state index contributed by atoms with van der Waals surface area (Å²) in [6.45, 7) is 4.04. The van der Waals surface area contributed by atoms with Crippen LogP contribution in [-0.4, -0.2) is 47.8 Å². The number of unbranched alkanes of at least 4 members (excludes halogenated alkanes) is 18. The van der Waals surface area contributed by atoms with Crippen molar-refractivity contribution in [3.8, 4) is 0 Å². The number of allylic oxidation sites excluding steroid dienone is 3. The third kappa shape index (κ3) is 29.5. The lowest BCUT2D eigenvalue weighted by atomic mass is 10.1. The average molecular weight is 631 g/mol. The molecule has 0 aromatic rings. The first-order chi connectivity index (χ1) is 20.9. The smallest absolute Gasteiger partial charge is 0.387 e. The van der Waals surface area contributed by atoms with Crippen LogP contribution in [0.25, 0.3) is 0 Å². The van der Waals surface area contributed by atoms with Gasteiger partial charge >= 0.3 is 7.82 Å². The number of rotatable bonds is 32. The number of aliphatic hydroxyl groups is 1. The molecule has 0 aliphatic carbocycles. The second-order valence-electron chi connectivity index (χ2n) is 11.7. The second kappa shape index (κ2) is 31.0. The van der Waals surface area contributed by atoms with Crippen LogP contribution < -0.4 is 11.1 Å². The average Bonchev–Trinajstić information content (AvgIpc) is 2.99. The number of carbonyl (C=O) groups excluding carboxylic acids is 1. The Morgan fingerprint density at radius 2 is 1.21 bits per heavy atom. The molecule has 3 atom stereocenters. The van der Waals surface area contributed by atoms with Gasteiger partial charge in [0.2, 0.25) is 5.91 Å². The van der Waals surface area contributed by atoms with E-state index >= 15 is 0 Å². The van der Waals surface area contributed by atoms with E-state index in [9.17, 15) is 19.4 Å². The summed E-state index contributed by atoms with van der Waals surface area (Å²) in [5.74, 6) is -0.205. The van der Waals surface area contributed by atoms with E-state index in [1.807, 2.05) is 6.08 Å². The standard InChI is InChI=1S/C34H67N2O6P/c1-3-5-7-9-11-12-13-14-15-16-17-18-19-20-22-24-26-28-34(38)36-32(31-42-43(39,40)41-30-29-35)33(37)27-25-23-21-10-8-6-4-2/h14-15,25,27,32-33,37H,3-13,16-24,26,28-31,35H2,1-2H3,(H,36,38)(H,39,40)/b15-14-,27-25+. The molecule has 0 saturated carbocycles. The molecule has 0 aromatic carbocycles. The Morgan fingerprint density at radius 3 is 1.72 bits per heavy atom. The zero-order valence-electron chi connectivity index (χ0n) is 27.7. The normalized spacial score (nSPS) is 14.8. The van der Waals surface area contributed by atoms with Gasteiger partial charge < -0.3 is 21.1 Å². The summed E-state index contributed by atoms with van der Waals surface area (Å²) >= 11 is 0. The summed E-state index contributed by atoms with van der Waals surface area (Å²) in [6.07, 6.45) is 32.4. The van der Waals surface area contributed by atoms with E-state index in [2.05, 4.69) is 31.3 Å². The van der Waals surface area contributed by atoms with Gasteiger partial charge in [-0.2, -0.15) is 0 Å². The van der Waals surface area contributed by atoms with Crippen molar-refractivity contribution in [3.05, 3.63) is 24.3 Å². The molecule has 0 rings (SSSR count). The van der Waals surface area contributed by atoms with Gasteiger partial charge in [-0.1, -0.05) is 128 Å². The molecule has 0 saturated heterocycles. The van der Waals surface area contributed by atoms with Gasteiger partial charge in [-0.3, -0.25) is 13.8 Å². The minimum absolute atomic E-state index is 0.0778. The Morgan fingerprint density at radius 1 is 0.744 bits per heavy atom. The fourth-order valence-corrected chi connectivity index (χ4v) is 5.59. The van der Waals surface area contributed by atoms with Gasteiger partial charge in [-0.05, 0) is 44.9 Å². The molecule has 9 heteroatoms. The van der Waals surface area contributed by atoms with Crippen molar-refractivity contribution in [2.45, 2.75) is 167 Å². The van der Waals surface area contributed by atoms with Crippen LogP contribution in [0.5, 0.6) is 0 Å². The summed E-state index contributed by atoms with van der Waals surface area (Å²) in [7, 11) is -4.32. The van der Waals surface area contributed by atoms with Crippen molar-refractivity contribution in [1.29, 1.82) is 0 Å². The van der Waals surface area contributed by atoms with Crippen LogP contribution >= 0.6 is 7.82 Å². The van der Waals surface area contributed by atoms with Crippen molar-refractivity contribution in [2.24, 2.45) is 5.73 Å². The first-order valence-corrected chi connectivity index (χ1v) is 19.0. The minimum Gasteiger partial charge on any atom is -0.387 e. The van der Waals surface area contributed by atoms with Crippen molar-refractivity contribution in [3.63, 3.8) is 0 Å². The van der Waals surface area contributed by atoms with Gasteiger partial charge in [0.1, 0.15) is 0 Å². The molecule has 1 amide bonds. The molecular weight excluding hydrogens is 563 g/mol. The molecule has 3 unspecified atom stereocenters. The zero-order valence-corrected chi connectivity index (χ0v) is 28.6. The maximum Gasteiger partial charge on any atom is 0.472 e. The fraction of sp³-hybridized carbons (Fsp3) is 0.853. The van der Waals surface area contributed by atoms with Crippen LogP contribution in [0.4, 0.5) is 0 Å². The Balaban J connectivity index is 4.21. The second-order valence-corrected chi connectivity index (χ2v) is 13.2.